The van der Waals surface area contributed by atoms with Gasteiger partial charge in [-0.15, -0.1) is 0 Å². The molecule has 2 aromatic rings. The Morgan fingerprint density at radius 2 is 1.75 bits per heavy atom. The van der Waals surface area contributed by atoms with Gasteiger partial charge in [-0.25, -0.2) is 4.79 Å². The molecule has 0 unspecified atom stereocenters. The Kier molecular flexibility index (Phi) is 6.06. The highest BCUT2D eigenvalue weighted by Gasteiger charge is 2.15. The van der Waals surface area contributed by atoms with Crippen LogP contribution in [0, 0.1) is 0 Å². The zero-order valence-electron chi connectivity index (χ0n) is 13.0. The summed E-state index contributed by atoms with van der Waals surface area (Å²) in [6, 6.07) is 11.1. The van der Waals surface area contributed by atoms with Gasteiger partial charge in [-0.05, 0) is 49.4 Å². The van der Waals surface area contributed by atoms with Gasteiger partial charge in [-0.3, -0.25) is 4.79 Å². The van der Waals surface area contributed by atoms with E-state index in [0.29, 0.717) is 27.0 Å². The van der Waals surface area contributed by atoms with Gasteiger partial charge in [0.15, 0.2) is 6.10 Å². The zero-order valence-corrected chi connectivity index (χ0v) is 14.5. The SMILES string of the molecule is COC(=O)[C@H](C)Oc1ccc(C(=O)Nc2cc(Cl)ccc2Cl)cc1. The lowest BCUT2D eigenvalue weighted by atomic mass is 10.2. The quantitative estimate of drug-likeness (QED) is 0.804. The number of anilines is 1. The minimum atomic E-state index is -0.736. The van der Waals surface area contributed by atoms with E-state index in [1.165, 1.54) is 7.11 Å². The molecule has 0 spiro atoms. The molecule has 0 heterocycles. The molecule has 0 saturated carbocycles. The molecule has 1 N–H and O–H groups in total. The van der Waals surface area contributed by atoms with Gasteiger partial charge in [-0.1, -0.05) is 23.2 Å². The molecule has 7 heteroatoms. The van der Waals surface area contributed by atoms with Crippen LogP contribution in [0.5, 0.6) is 5.75 Å². The van der Waals surface area contributed by atoms with Crippen LogP contribution in [0.1, 0.15) is 17.3 Å². The minimum absolute atomic E-state index is 0.341. The van der Waals surface area contributed by atoms with Crippen LogP contribution in [-0.2, 0) is 9.53 Å². The van der Waals surface area contributed by atoms with Gasteiger partial charge in [0.05, 0.1) is 17.8 Å². The lowest BCUT2D eigenvalue weighted by Gasteiger charge is -2.13. The molecule has 0 aromatic heterocycles. The predicted molar refractivity (Wildman–Crippen MR) is 93.0 cm³/mol. The first-order chi connectivity index (χ1) is 11.4. The summed E-state index contributed by atoms with van der Waals surface area (Å²) in [6.45, 7) is 1.58. The molecule has 24 heavy (non-hydrogen) atoms. The summed E-state index contributed by atoms with van der Waals surface area (Å²) in [5.74, 6) is -0.371. The van der Waals surface area contributed by atoms with Gasteiger partial charge in [0.25, 0.3) is 5.91 Å². The fraction of sp³-hybridized carbons (Fsp3) is 0.176. The molecule has 0 radical (unpaired) electrons. The number of benzene rings is 2. The summed E-state index contributed by atoms with van der Waals surface area (Å²) in [7, 11) is 1.29. The number of rotatable bonds is 5. The lowest BCUT2D eigenvalue weighted by Crippen LogP contribution is -2.24. The zero-order chi connectivity index (χ0) is 17.7. The molecular formula is C17H15Cl2NO4. The van der Waals surface area contributed by atoms with Crippen molar-refractivity contribution >= 4 is 40.8 Å². The highest BCUT2D eigenvalue weighted by molar-refractivity contribution is 6.35. The van der Waals surface area contributed by atoms with Crippen molar-refractivity contribution in [2.75, 3.05) is 12.4 Å². The van der Waals surface area contributed by atoms with Crippen molar-refractivity contribution in [2.45, 2.75) is 13.0 Å². The van der Waals surface area contributed by atoms with E-state index in [9.17, 15) is 9.59 Å². The molecule has 1 amide bonds. The maximum absolute atomic E-state index is 12.2. The van der Waals surface area contributed by atoms with Crippen LogP contribution in [0.3, 0.4) is 0 Å². The first-order valence-corrected chi connectivity index (χ1v) is 7.77. The van der Waals surface area contributed by atoms with Crippen LogP contribution in [0.25, 0.3) is 0 Å². The maximum Gasteiger partial charge on any atom is 0.346 e. The second-order valence-electron chi connectivity index (χ2n) is 4.89. The van der Waals surface area contributed by atoms with Crippen LogP contribution in [0.2, 0.25) is 10.0 Å². The molecule has 0 aliphatic carbocycles. The van der Waals surface area contributed by atoms with E-state index in [2.05, 4.69) is 10.1 Å². The standard InChI is InChI=1S/C17H15Cl2NO4/c1-10(17(22)23-2)24-13-6-3-11(4-7-13)16(21)20-15-9-12(18)5-8-14(15)19/h3-10H,1-2H3,(H,20,21)/t10-/m0/s1. The normalized spacial score (nSPS) is 11.5. The third kappa shape index (κ3) is 4.63. The number of methoxy groups -OCH3 is 1. The smallest absolute Gasteiger partial charge is 0.346 e. The summed E-state index contributed by atoms with van der Waals surface area (Å²) in [5.41, 5.74) is 0.831. The van der Waals surface area contributed by atoms with Crippen LogP contribution in [-0.4, -0.2) is 25.1 Å². The maximum atomic E-state index is 12.2. The lowest BCUT2D eigenvalue weighted by molar-refractivity contribution is -0.147. The van der Waals surface area contributed by atoms with Crippen molar-refractivity contribution in [3.05, 3.63) is 58.1 Å². The monoisotopic (exact) mass is 367 g/mol. The number of hydrogen-bond donors (Lipinski definition) is 1. The molecule has 126 valence electrons. The number of nitrogens with one attached hydrogen (secondary N) is 1. The van der Waals surface area contributed by atoms with E-state index in [4.69, 9.17) is 27.9 Å². The van der Waals surface area contributed by atoms with E-state index >= 15 is 0 Å². The van der Waals surface area contributed by atoms with Crippen molar-refractivity contribution in [1.82, 2.24) is 0 Å². The molecule has 5 nitrogen and oxygen atoms in total. The average molecular weight is 368 g/mol. The van der Waals surface area contributed by atoms with E-state index in [1.807, 2.05) is 0 Å². The van der Waals surface area contributed by atoms with Gasteiger partial charge in [-0.2, -0.15) is 0 Å². The number of halogens is 2. The molecular weight excluding hydrogens is 353 g/mol. The number of hydrogen-bond acceptors (Lipinski definition) is 4. The van der Waals surface area contributed by atoms with Crippen molar-refractivity contribution in [3.63, 3.8) is 0 Å². The summed E-state index contributed by atoms with van der Waals surface area (Å²) in [5, 5.41) is 3.54. The van der Waals surface area contributed by atoms with Crippen LogP contribution < -0.4 is 10.1 Å². The second kappa shape index (κ2) is 8.04. The van der Waals surface area contributed by atoms with Gasteiger partial charge in [0, 0.05) is 10.6 Å². The Bertz CT molecular complexity index is 747. The largest absolute Gasteiger partial charge is 0.479 e. The fourth-order valence-electron chi connectivity index (χ4n) is 1.89. The molecule has 0 saturated heterocycles. The number of amides is 1. The summed E-state index contributed by atoms with van der Waals surface area (Å²) >= 11 is 11.9. The van der Waals surface area contributed by atoms with Crippen LogP contribution in [0.4, 0.5) is 5.69 Å². The average Bonchev–Trinajstić information content (AvgIpc) is 2.57. The molecule has 2 aromatic carbocycles. The van der Waals surface area contributed by atoms with Crippen molar-refractivity contribution in [1.29, 1.82) is 0 Å². The minimum Gasteiger partial charge on any atom is -0.479 e. The van der Waals surface area contributed by atoms with Crippen LogP contribution >= 0.6 is 23.2 Å². The van der Waals surface area contributed by atoms with Crippen molar-refractivity contribution < 1.29 is 19.1 Å². The number of ether oxygens (including phenoxy) is 2. The summed E-state index contributed by atoms with van der Waals surface area (Å²) in [4.78, 5) is 23.6. The van der Waals surface area contributed by atoms with E-state index in [-0.39, 0.29) is 5.91 Å². The van der Waals surface area contributed by atoms with Gasteiger partial charge >= 0.3 is 5.97 Å². The first-order valence-electron chi connectivity index (χ1n) is 7.01. The van der Waals surface area contributed by atoms with E-state index in [1.54, 1.807) is 49.4 Å². The molecule has 2 rings (SSSR count). The highest BCUT2D eigenvalue weighted by Crippen LogP contribution is 2.26. The molecule has 1 atom stereocenters. The van der Waals surface area contributed by atoms with Crippen LogP contribution in [0.15, 0.2) is 42.5 Å². The van der Waals surface area contributed by atoms with Crippen molar-refractivity contribution in [3.8, 4) is 5.75 Å². The molecule has 0 aliphatic heterocycles. The third-order valence-electron chi connectivity index (χ3n) is 3.14. The number of carbonyl (C=O) groups is 2. The predicted octanol–water partition coefficient (Wildman–Crippen LogP) is 4.19. The fourth-order valence-corrected chi connectivity index (χ4v) is 2.23. The molecule has 0 aliphatic rings. The Balaban J connectivity index is 2.06. The van der Waals surface area contributed by atoms with Gasteiger partial charge in [0.2, 0.25) is 0 Å². The third-order valence-corrected chi connectivity index (χ3v) is 3.70. The molecule has 0 bridgehead atoms. The topological polar surface area (TPSA) is 64.6 Å². The Hall–Kier alpha value is -2.24. The number of carbonyl (C=O) groups excluding carboxylic acids is 2. The second-order valence-corrected chi connectivity index (χ2v) is 5.73. The first kappa shape index (κ1) is 18.1. The summed E-state index contributed by atoms with van der Waals surface area (Å²) in [6.07, 6.45) is -0.736. The number of esters is 1. The Morgan fingerprint density at radius 1 is 1.08 bits per heavy atom. The van der Waals surface area contributed by atoms with Crippen molar-refractivity contribution in [2.24, 2.45) is 0 Å². The highest BCUT2D eigenvalue weighted by atomic mass is 35.5. The van der Waals surface area contributed by atoms with E-state index < -0.39 is 12.1 Å². The Labute approximate surface area is 149 Å². The van der Waals surface area contributed by atoms with E-state index in [0.717, 1.165) is 0 Å². The van der Waals surface area contributed by atoms with Gasteiger partial charge in [0.1, 0.15) is 5.75 Å². The Morgan fingerprint density at radius 3 is 2.38 bits per heavy atom. The summed E-state index contributed by atoms with van der Waals surface area (Å²) < 4.78 is 9.99. The van der Waals surface area contributed by atoms with Gasteiger partial charge < -0.3 is 14.8 Å². The molecule has 0 fully saturated rings.